The molecule has 0 bridgehead atoms. The Labute approximate surface area is 146 Å². The molecule has 24 heavy (non-hydrogen) atoms. The van der Waals surface area contributed by atoms with Gasteiger partial charge in [0.15, 0.2) is 5.13 Å². The van der Waals surface area contributed by atoms with Gasteiger partial charge in [-0.05, 0) is 19.3 Å². The molecule has 0 aliphatic carbocycles. The first-order valence-corrected chi connectivity index (χ1v) is 9.18. The molecule has 1 aromatic heterocycles. The van der Waals surface area contributed by atoms with Crippen molar-refractivity contribution >= 4 is 28.3 Å². The molecule has 1 atom stereocenters. The van der Waals surface area contributed by atoms with Crippen LogP contribution in [0, 0.1) is 5.41 Å². The molecule has 2 amide bonds. The van der Waals surface area contributed by atoms with Gasteiger partial charge in [-0.15, -0.1) is 11.3 Å². The molecule has 132 valence electrons. The van der Waals surface area contributed by atoms with Crippen LogP contribution < -0.4 is 5.32 Å². The summed E-state index contributed by atoms with van der Waals surface area (Å²) in [6.45, 7) is 3.09. The number of carbonyl (C=O) groups excluding carboxylic acids is 2. The highest BCUT2D eigenvalue weighted by atomic mass is 32.1. The van der Waals surface area contributed by atoms with E-state index in [1.54, 1.807) is 24.4 Å². The molecule has 2 aliphatic rings. The second-order valence-electron chi connectivity index (χ2n) is 6.43. The average molecular weight is 352 g/mol. The summed E-state index contributed by atoms with van der Waals surface area (Å²) in [5.74, 6) is 0.0988. The molecule has 2 fully saturated rings. The Bertz CT molecular complexity index is 620. The molecule has 3 heterocycles. The van der Waals surface area contributed by atoms with E-state index in [0.717, 1.165) is 30.9 Å². The quantitative estimate of drug-likeness (QED) is 0.864. The third kappa shape index (κ3) is 3.12. The second-order valence-corrected chi connectivity index (χ2v) is 7.29. The molecule has 8 heteroatoms. The number of carbonyl (C=O) groups is 2. The summed E-state index contributed by atoms with van der Waals surface area (Å²) >= 11 is 1.41. The number of methoxy groups -OCH3 is 1. The van der Waals surface area contributed by atoms with Gasteiger partial charge < -0.3 is 19.9 Å². The summed E-state index contributed by atoms with van der Waals surface area (Å²) in [7, 11) is 3.43. The first kappa shape index (κ1) is 17.2. The number of hydrogen-bond acceptors (Lipinski definition) is 6. The molecule has 1 N–H and O–H groups in total. The number of anilines is 1. The van der Waals surface area contributed by atoms with Gasteiger partial charge in [0, 0.05) is 45.7 Å². The van der Waals surface area contributed by atoms with Crippen LogP contribution in [0.4, 0.5) is 5.13 Å². The van der Waals surface area contributed by atoms with Gasteiger partial charge in [0.25, 0.3) is 5.91 Å². The number of amides is 2. The molecule has 2 saturated heterocycles. The fourth-order valence-electron chi connectivity index (χ4n) is 3.64. The average Bonchev–Trinajstić information content (AvgIpc) is 3.24. The van der Waals surface area contributed by atoms with Crippen molar-refractivity contribution in [3.05, 3.63) is 11.1 Å². The van der Waals surface area contributed by atoms with Crippen LogP contribution in [0.1, 0.15) is 29.8 Å². The van der Waals surface area contributed by atoms with Crippen molar-refractivity contribution in [2.75, 3.05) is 52.3 Å². The van der Waals surface area contributed by atoms with Gasteiger partial charge in [-0.2, -0.15) is 0 Å². The second kappa shape index (κ2) is 7.06. The van der Waals surface area contributed by atoms with Gasteiger partial charge in [-0.25, -0.2) is 4.98 Å². The van der Waals surface area contributed by atoms with E-state index in [9.17, 15) is 9.59 Å². The molecule has 1 spiro atoms. The van der Waals surface area contributed by atoms with Crippen LogP contribution in [0.25, 0.3) is 0 Å². The third-order valence-corrected chi connectivity index (χ3v) is 5.83. The zero-order chi connectivity index (χ0) is 17.2. The van der Waals surface area contributed by atoms with Gasteiger partial charge in [-0.3, -0.25) is 9.59 Å². The lowest BCUT2D eigenvalue weighted by atomic mass is 9.78. The van der Waals surface area contributed by atoms with Gasteiger partial charge in [-0.1, -0.05) is 0 Å². The van der Waals surface area contributed by atoms with E-state index in [1.807, 2.05) is 4.90 Å². The van der Waals surface area contributed by atoms with E-state index in [1.165, 1.54) is 11.3 Å². The Morgan fingerprint density at radius 1 is 1.46 bits per heavy atom. The van der Waals surface area contributed by atoms with Crippen LogP contribution in [0.3, 0.4) is 0 Å². The Kier molecular flexibility index (Phi) is 5.05. The monoisotopic (exact) mass is 352 g/mol. The fourth-order valence-corrected chi connectivity index (χ4v) is 4.29. The normalized spacial score (nSPS) is 24.0. The van der Waals surface area contributed by atoms with Gasteiger partial charge in [0.1, 0.15) is 5.69 Å². The summed E-state index contributed by atoms with van der Waals surface area (Å²) in [5.41, 5.74) is 0.0460. The Morgan fingerprint density at radius 3 is 3.00 bits per heavy atom. The Hall–Kier alpha value is -1.67. The molecule has 1 aromatic rings. The lowest BCUT2D eigenvalue weighted by Gasteiger charge is -2.39. The van der Waals surface area contributed by atoms with E-state index >= 15 is 0 Å². The zero-order valence-electron chi connectivity index (χ0n) is 14.2. The largest absolute Gasteiger partial charge is 0.383 e. The summed E-state index contributed by atoms with van der Waals surface area (Å²) in [6.07, 6.45) is 2.58. The van der Waals surface area contributed by atoms with E-state index in [-0.39, 0.29) is 11.8 Å². The first-order valence-electron chi connectivity index (χ1n) is 8.30. The van der Waals surface area contributed by atoms with Crippen molar-refractivity contribution in [3.63, 3.8) is 0 Å². The van der Waals surface area contributed by atoms with Crippen molar-refractivity contribution in [1.29, 1.82) is 0 Å². The molecule has 0 aromatic carbocycles. The minimum atomic E-state index is -0.413. The maximum Gasteiger partial charge on any atom is 0.273 e. The van der Waals surface area contributed by atoms with Gasteiger partial charge in [0.05, 0.1) is 12.0 Å². The van der Waals surface area contributed by atoms with Crippen molar-refractivity contribution in [1.82, 2.24) is 14.8 Å². The van der Waals surface area contributed by atoms with E-state index in [2.05, 4.69) is 10.3 Å². The van der Waals surface area contributed by atoms with Crippen LogP contribution in [-0.2, 0) is 9.53 Å². The van der Waals surface area contributed by atoms with Crippen LogP contribution in [0.5, 0.6) is 0 Å². The summed E-state index contributed by atoms with van der Waals surface area (Å²) < 4.78 is 5.10. The highest BCUT2D eigenvalue weighted by molar-refractivity contribution is 7.13. The summed E-state index contributed by atoms with van der Waals surface area (Å²) in [6, 6.07) is 0. The third-order valence-electron chi connectivity index (χ3n) is 4.97. The highest BCUT2D eigenvalue weighted by Gasteiger charge is 2.49. The first-order chi connectivity index (χ1) is 11.6. The zero-order valence-corrected chi connectivity index (χ0v) is 15.0. The molecule has 7 nitrogen and oxygen atoms in total. The standard InChI is InChI=1S/C16H24N4O3S/c1-17-15-18-12(10-24-15)13(21)20-7-5-16(11-20)4-3-6-19(14(16)22)8-9-23-2/h10H,3-9,11H2,1-2H3,(H,17,18)/t16-/m1/s1. The number of thiazole rings is 1. The number of hydrogen-bond donors (Lipinski definition) is 1. The van der Waals surface area contributed by atoms with Crippen LogP contribution >= 0.6 is 11.3 Å². The molecule has 3 rings (SSSR count). The maximum atomic E-state index is 12.9. The Morgan fingerprint density at radius 2 is 2.29 bits per heavy atom. The molecule has 0 radical (unpaired) electrons. The molecular formula is C16H24N4O3S. The van der Waals surface area contributed by atoms with Gasteiger partial charge in [0.2, 0.25) is 5.91 Å². The highest BCUT2D eigenvalue weighted by Crippen LogP contribution is 2.40. The lowest BCUT2D eigenvalue weighted by Crippen LogP contribution is -2.51. The molecule has 0 saturated carbocycles. The number of aromatic nitrogens is 1. The predicted molar refractivity (Wildman–Crippen MR) is 92.3 cm³/mol. The number of piperidine rings is 1. The SMILES string of the molecule is CNc1nc(C(=O)N2CC[C@]3(CCCN(CCOC)C3=O)C2)cs1. The maximum absolute atomic E-state index is 12.9. The van der Waals surface area contributed by atoms with Crippen molar-refractivity contribution in [3.8, 4) is 0 Å². The Balaban J connectivity index is 1.69. The minimum absolute atomic E-state index is 0.0774. The predicted octanol–water partition coefficient (Wildman–Crippen LogP) is 1.29. The van der Waals surface area contributed by atoms with Crippen LogP contribution in [0.15, 0.2) is 5.38 Å². The molecule has 2 aliphatic heterocycles. The minimum Gasteiger partial charge on any atom is -0.383 e. The van der Waals surface area contributed by atoms with Crippen LogP contribution in [-0.4, -0.2) is 73.5 Å². The fraction of sp³-hybridized carbons (Fsp3) is 0.688. The number of rotatable bonds is 5. The van der Waals surface area contributed by atoms with Gasteiger partial charge >= 0.3 is 0 Å². The van der Waals surface area contributed by atoms with Crippen LogP contribution in [0.2, 0.25) is 0 Å². The summed E-state index contributed by atoms with van der Waals surface area (Å²) in [4.78, 5) is 33.5. The number of nitrogens with one attached hydrogen (secondary N) is 1. The van der Waals surface area contributed by atoms with Crippen molar-refractivity contribution < 1.29 is 14.3 Å². The lowest BCUT2D eigenvalue weighted by molar-refractivity contribution is -0.146. The number of ether oxygens (including phenoxy) is 1. The number of nitrogens with zero attached hydrogens (tertiary/aromatic N) is 3. The molecular weight excluding hydrogens is 328 g/mol. The number of likely N-dealkylation sites (tertiary alicyclic amines) is 2. The topological polar surface area (TPSA) is 74.8 Å². The van der Waals surface area contributed by atoms with E-state index in [4.69, 9.17) is 4.74 Å². The van der Waals surface area contributed by atoms with Crippen molar-refractivity contribution in [2.24, 2.45) is 5.41 Å². The summed E-state index contributed by atoms with van der Waals surface area (Å²) in [5, 5.41) is 5.45. The van der Waals surface area contributed by atoms with E-state index in [0.29, 0.717) is 31.9 Å². The van der Waals surface area contributed by atoms with Crippen molar-refractivity contribution in [2.45, 2.75) is 19.3 Å². The smallest absolute Gasteiger partial charge is 0.273 e. The molecule has 0 unspecified atom stereocenters. The van der Waals surface area contributed by atoms with E-state index < -0.39 is 5.41 Å².